The first-order valence-corrected chi connectivity index (χ1v) is 12.5. The van der Waals surface area contributed by atoms with Gasteiger partial charge in [0.25, 0.3) is 5.91 Å². The number of ether oxygens (including phenoxy) is 1. The van der Waals surface area contributed by atoms with Crippen molar-refractivity contribution in [2.45, 2.75) is 32.6 Å². The maximum Gasteiger partial charge on any atom is 0.254 e. The van der Waals surface area contributed by atoms with E-state index in [0.29, 0.717) is 5.92 Å². The van der Waals surface area contributed by atoms with Gasteiger partial charge in [-0.25, -0.2) is 0 Å². The third kappa shape index (κ3) is 4.93. The molecule has 35 heavy (non-hydrogen) atoms. The van der Waals surface area contributed by atoms with Gasteiger partial charge in [0, 0.05) is 30.2 Å². The Labute approximate surface area is 207 Å². The molecule has 2 heterocycles. The van der Waals surface area contributed by atoms with Crippen LogP contribution in [-0.4, -0.2) is 36.0 Å². The van der Waals surface area contributed by atoms with E-state index >= 15 is 0 Å². The molecule has 1 fully saturated rings. The molecule has 0 spiro atoms. The number of amides is 1. The Kier molecular flexibility index (Phi) is 6.80. The minimum Gasteiger partial charge on any atom is -0.497 e. The van der Waals surface area contributed by atoms with Gasteiger partial charge in [-0.3, -0.25) is 9.78 Å². The van der Waals surface area contributed by atoms with Crippen LogP contribution in [0.4, 0.5) is 0 Å². The van der Waals surface area contributed by atoms with Crippen LogP contribution >= 0.6 is 0 Å². The van der Waals surface area contributed by atoms with Crippen molar-refractivity contribution in [3.05, 3.63) is 95.7 Å². The topological polar surface area (TPSA) is 42.4 Å². The Hall–Kier alpha value is -3.66. The van der Waals surface area contributed by atoms with Crippen LogP contribution in [0.3, 0.4) is 0 Å². The molecule has 0 radical (unpaired) electrons. The molecule has 178 valence electrons. The number of likely N-dealkylation sites (tertiary alicyclic amines) is 1. The molecular formula is C31H32N2O2. The van der Waals surface area contributed by atoms with E-state index in [1.807, 2.05) is 36.5 Å². The van der Waals surface area contributed by atoms with Crippen molar-refractivity contribution in [3.8, 4) is 16.9 Å². The summed E-state index contributed by atoms with van der Waals surface area (Å²) in [6.07, 6.45) is 6.17. The number of hydrogen-bond acceptors (Lipinski definition) is 3. The van der Waals surface area contributed by atoms with Crippen LogP contribution in [0.25, 0.3) is 22.0 Å². The number of para-hydroxylation sites is 1. The number of nitrogens with zero attached hydrogens (tertiary/aromatic N) is 2. The minimum absolute atomic E-state index is 0.146. The van der Waals surface area contributed by atoms with Gasteiger partial charge in [-0.2, -0.15) is 0 Å². The van der Waals surface area contributed by atoms with Crippen molar-refractivity contribution in [2.24, 2.45) is 5.92 Å². The van der Waals surface area contributed by atoms with E-state index in [-0.39, 0.29) is 5.91 Å². The molecule has 1 unspecified atom stereocenters. The number of aromatic nitrogens is 1. The molecule has 0 bridgehead atoms. The Bertz CT molecular complexity index is 1320. The van der Waals surface area contributed by atoms with Gasteiger partial charge >= 0.3 is 0 Å². The first-order valence-electron chi connectivity index (χ1n) is 12.5. The number of carbonyl (C=O) groups is 1. The summed E-state index contributed by atoms with van der Waals surface area (Å²) in [5.41, 5.74) is 6.45. The van der Waals surface area contributed by atoms with E-state index < -0.39 is 0 Å². The molecule has 5 rings (SSSR count). The van der Waals surface area contributed by atoms with Gasteiger partial charge in [0.2, 0.25) is 0 Å². The molecule has 1 aliphatic rings. The Morgan fingerprint density at radius 3 is 2.63 bits per heavy atom. The summed E-state index contributed by atoms with van der Waals surface area (Å²) < 4.78 is 5.29. The summed E-state index contributed by atoms with van der Waals surface area (Å²) in [7, 11) is 1.67. The van der Waals surface area contributed by atoms with Crippen LogP contribution in [-0.2, 0) is 6.42 Å². The van der Waals surface area contributed by atoms with Crippen LogP contribution in [0.15, 0.2) is 79.0 Å². The van der Waals surface area contributed by atoms with E-state index in [9.17, 15) is 4.79 Å². The van der Waals surface area contributed by atoms with Crippen LogP contribution < -0.4 is 4.74 Å². The molecule has 1 aromatic heterocycles. The van der Waals surface area contributed by atoms with Crippen LogP contribution in [0, 0.1) is 12.8 Å². The van der Waals surface area contributed by atoms with Gasteiger partial charge in [0.15, 0.2) is 0 Å². The molecular weight excluding hydrogens is 432 g/mol. The monoisotopic (exact) mass is 464 g/mol. The van der Waals surface area contributed by atoms with E-state index in [4.69, 9.17) is 4.74 Å². The lowest BCUT2D eigenvalue weighted by atomic mass is 9.91. The Balaban J connectivity index is 1.30. The Morgan fingerprint density at radius 2 is 1.80 bits per heavy atom. The number of benzene rings is 3. The van der Waals surface area contributed by atoms with Gasteiger partial charge < -0.3 is 9.64 Å². The van der Waals surface area contributed by atoms with Crippen LogP contribution in [0.5, 0.6) is 5.75 Å². The summed E-state index contributed by atoms with van der Waals surface area (Å²) in [5, 5.41) is 1.25. The van der Waals surface area contributed by atoms with Crippen molar-refractivity contribution >= 4 is 16.8 Å². The normalized spacial score (nSPS) is 16.2. The van der Waals surface area contributed by atoms with Gasteiger partial charge in [-0.05, 0) is 91.1 Å². The molecule has 4 heteroatoms. The van der Waals surface area contributed by atoms with Crippen LogP contribution in [0.1, 0.15) is 40.7 Å². The standard InChI is InChI=1S/C31H32N2O2/c1-22-27(24-12-14-26(35-2)15-13-24)9-5-10-28(22)31(34)33-19-6-7-23(17-20-33)21-25-16-18-32-30-11-4-3-8-29(25)30/h3-5,8-16,18,23H,6-7,17,19-21H2,1-2H3. The highest BCUT2D eigenvalue weighted by molar-refractivity contribution is 5.97. The molecule has 1 atom stereocenters. The molecule has 0 aliphatic carbocycles. The smallest absolute Gasteiger partial charge is 0.254 e. The molecule has 3 aromatic carbocycles. The number of methoxy groups -OCH3 is 1. The molecule has 0 N–H and O–H groups in total. The highest BCUT2D eigenvalue weighted by Gasteiger charge is 2.24. The zero-order chi connectivity index (χ0) is 24.2. The number of rotatable bonds is 5. The fourth-order valence-electron chi connectivity index (χ4n) is 5.34. The third-order valence-electron chi connectivity index (χ3n) is 7.35. The molecule has 1 amide bonds. The Morgan fingerprint density at radius 1 is 0.971 bits per heavy atom. The number of carbonyl (C=O) groups excluding carboxylic acids is 1. The lowest BCUT2D eigenvalue weighted by Gasteiger charge is -2.22. The number of pyridine rings is 1. The largest absolute Gasteiger partial charge is 0.497 e. The van der Waals surface area contributed by atoms with Crippen molar-refractivity contribution in [3.63, 3.8) is 0 Å². The predicted molar refractivity (Wildman–Crippen MR) is 142 cm³/mol. The summed E-state index contributed by atoms with van der Waals surface area (Å²) in [5.74, 6) is 1.55. The lowest BCUT2D eigenvalue weighted by Crippen LogP contribution is -2.32. The van der Waals surface area contributed by atoms with Crippen molar-refractivity contribution in [1.29, 1.82) is 0 Å². The maximum atomic E-state index is 13.6. The summed E-state index contributed by atoms with van der Waals surface area (Å²) in [6, 6.07) is 24.6. The second-order valence-electron chi connectivity index (χ2n) is 9.49. The molecule has 4 aromatic rings. The van der Waals surface area contributed by atoms with Gasteiger partial charge in [0.1, 0.15) is 5.75 Å². The van der Waals surface area contributed by atoms with Crippen molar-refractivity contribution in [1.82, 2.24) is 9.88 Å². The maximum absolute atomic E-state index is 13.6. The summed E-state index contributed by atoms with van der Waals surface area (Å²) in [4.78, 5) is 20.2. The number of fused-ring (bicyclic) bond motifs is 1. The van der Waals surface area contributed by atoms with Crippen LogP contribution in [0.2, 0.25) is 0 Å². The second-order valence-corrected chi connectivity index (χ2v) is 9.49. The summed E-state index contributed by atoms with van der Waals surface area (Å²) in [6.45, 7) is 3.68. The minimum atomic E-state index is 0.146. The fourth-order valence-corrected chi connectivity index (χ4v) is 5.34. The van der Waals surface area contributed by atoms with Gasteiger partial charge in [-0.1, -0.05) is 42.5 Å². The van der Waals surface area contributed by atoms with E-state index in [1.54, 1.807) is 7.11 Å². The lowest BCUT2D eigenvalue weighted by molar-refractivity contribution is 0.0759. The molecule has 1 saturated heterocycles. The highest BCUT2D eigenvalue weighted by Crippen LogP contribution is 2.30. The molecule has 1 aliphatic heterocycles. The zero-order valence-corrected chi connectivity index (χ0v) is 20.5. The molecule has 4 nitrogen and oxygen atoms in total. The third-order valence-corrected chi connectivity index (χ3v) is 7.35. The average Bonchev–Trinajstić information content (AvgIpc) is 3.14. The SMILES string of the molecule is COc1ccc(-c2cccc(C(=O)N3CCCC(Cc4ccnc5ccccc45)CC3)c2C)cc1. The predicted octanol–water partition coefficient (Wildman–Crippen LogP) is 6.70. The molecule has 0 saturated carbocycles. The zero-order valence-electron chi connectivity index (χ0n) is 20.5. The number of hydrogen-bond donors (Lipinski definition) is 0. The fraction of sp³-hybridized carbons (Fsp3) is 0.290. The highest BCUT2D eigenvalue weighted by atomic mass is 16.5. The van der Waals surface area contributed by atoms with Crippen molar-refractivity contribution in [2.75, 3.05) is 20.2 Å². The van der Waals surface area contributed by atoms with E-state index in [2.05, 4.69) is 59.3 Å². The first-order chi connectivity index (χ1) is 17.1. The van der Waals surface area contributed by atoms with Gasteiger partial charge in [0.05, 0.1) is 12.6 Å². The van der Waals surface area contributed by atoms with Crippen molar-refractivity contribution < 1.29 is 9.53 Å². The van der Waals surface area contributed by atoms with E-state index in [1.165, 1.54) is 10.9 Å². The second kappa shape index (κ2) is 10.3. The quantitative estimate of drug-likeness (QED) is 0.330. The average molecular weight is 465 g/mol. The van der Waals surface area contributed by atoms with E-state index in [0.717, 1.165) is 72.3 Å². The van der Waals surface area contributed by atoms with Gasteiger partial charge in [-0.15, -0.1) is 0 Å². The summed E-state index contributed by atoms with van der Waals surface area (Å²) >= 11 is 0. The first kappa shape index (κ1) is 23.1.